The van der Waals surface area contributed by atoms with Crippen molar-refractivity contribution in [1.82, 2.24) is 14.2 Å². The zero-order valence-corrected chi connectivity index (χ0v) is 14.1. The first-order valence-corrected chi connectivity index (χ1v) is 9.70. The Kier molecular flexibility index (Phi) is 4.54. The van der Waals surface area contributed by atoms with Crippen LogP contribution in [0, 0.1) is 0 Å². The molecular weight excluding hydrogens is 316 g/mol. The van der Waals surface area contributed by atoms with Gasteiger partial charge in [0.25, 0.3) is 0 Å². The van der Waals surface area contributed by atoms with E-state index in [2.05, 4.69) is 9.88 Å². The molecule has 0 atom stereocenters. The summed E-state index contributed by atoms with van der Waals surface area (Å²) in [6.45, 7) is 2.58. The molecule has 2 heterocycles. The molecular formula is C15H22N4O3S. The molecule has 1 aromatic heterocycles. The first-order valence-electron chi connectivity index (χ1n) is 7.86. The van der Waals surface area contributed by atoms with Crippen molar-refractivity contribution in [1.29, 1.82) is 0 Å². The lowest BCUT2D eigenvalue weighted by Gasteiger charge is -2.36. The van der Waals surface area contributed by atoms with Crippen LogP contribution in [0.15, 0.2) is 24.4 Å². The molecule has 3 rings (SSSR count). The molecule has 0 spiro atoms. The molecule has 0 bridgehead atoms. The Balaban J connectivity index is 1.56. The van der Waals surface area contributed by atoms with Gasteiger partial charge in [-0.15, -0.1) is 0 Å². The molecule has 1 saturated carbocycles. The van der Waals surface area contributed by atoms with Crippen LogP contribution < -0.4 is 4.90 Å². The maximum atomic E-state index is 12.4. The van der Waals surface area contributed by atoms with Gasteiger partial charge in [0.1, 0.15) is 5.82 Å². The summed E-state index contributed by atoms with van der Waals surface area (Å²) in [6, 6.07) is 5.79. The van der Waals surface area contributed by atoms with E-state index in [-0.39, 0.29) is 18.5 Å². The highest BCUT2D eigenvalue weighted by Gasteiger charge is 2.37. The van der Waals surface area contributed by atoms with Crippen LogP contribution in [-0.2, 0) is 14.8 Å². The SMILES string of the molecule is CS(=O)(=O)N(CC(=O)N1CCN(c2ccccn2)CC1)C1CC1. The fraction of sp³-hybridized carbons (Fsp3) is 0.600. The Bertz CT molecular complexity index is 653. The Morgan fingerprint density at radius 2 is 1.96 bits per heavy atom. The van der Waals surface area contributed by atoms with Crippen LogP contribution in [0.4, 0.5) is 5.82 Å². The second-order valence-corrected chi connectivity index (χ2v) is 8.03. The lowest BCUT2D eigenvalue weighted by molar-refractivity contribution is -0.131. The highest BCUT2D eigenvalue weighted by atomic mass is 32.2. The van der Waals surface area contributed by atoms with E-state index < -0.39 is 10.0 Å². The summed E-state index contributed by atoms with van der Waals surface area (Å²) in [5.41, 5.74) is 0. The molecule has 8 heteroatoms. The number of carbonyl (C=O) groups is 1. The number of piperazine rings is 1. The van der Waals surface area contributed by atoms with Gasteiger partial charge in [-0.05, 0) is 25.0 Å². The van der Waals surface area contributed by atoms with Crippen molar-refractivity contribution in [2.45, 2.75) is 18.9 Å². The van der Waals surface area contributed by atoms with E-state index in [1.807, 2.05) is 18.2 Å². The maximum absolute atomic E-state index is 12.4. The summed E-state index contributed by atoms with van der Waals surface area (Å²) in [4.78, 5) is 20.6. The van der Waals surface area contributed by atoms with Crippen LogP contribution in [0.25, 0.3) is 0 Å². The van der Waals surface area contributed by atoms with E-state index in [1.54, 1.807) is 11.1 Å². The van der Waals surface area contributed by atoms with Crippen molar-refractivity contribution in [3.63, 3.8) is 0 Å². The third-order valence-electron chi connectivity index (χ3n) is 4.28. The fourth-order valence-electron chi connectivity index (χ4n) is 2.84. The molecule has 0 aromatic carbocycles. The highest BCUT2D eigenvalue weighted by molar-refractivity contribution is 7.88. The molecule has 2 aliphatic rings. The quantitative estimate of drug-likeness (QED) is 0.764. The summed E-state index contributed by atoms with van der Waals surface area (Å²) in [5.74, 6) is 0.804. The number of sulfonamides is 1. The molecule has 1 aromatic rings. The first-order chi connectivity index (χ1) is 10.9. The summed E-state index contributed by atoms with van der Waals surface area (Å²) >= 11 is 0. The second-order valence-electron chi connectivity index (χ2n) is 6.10. The number of nitrogens with zero attached hydrogens (tertiary/aromatic N) is 4. The van der Waals surface area contributed by atoms with Gasteiger partial charge in [0.05, 0.1) is 12.8 Å². The number of hydrogen-bond acceptors (Lipinski definition) is 5. The summed E-state index contributed by atoms with van der Waals surface area (Å²) in [6.07, 6.45) is 4.64. The molecule has 1 amide bonds. The number of aromatic nitrogens is 1. The van der Waals surface area contributed by atoms with Crippen molar-refractivity contribution in [2.24, 2.45) is 0 Å². The van der Waals surface area contributed by atoms with E-state index >= 15 is 0 Å². The van der Waals surface area contributed by atoms with Gasteiger partial charge in [-0.1, -0.05) is 6.07 Å². The zero-order chi connectivity index (χ0) is 16.4. The van der Waals surface area contributed by atoms with Gasteiger partial charge < -0.3 is 9.80 Å². The third kappa shape index (κ3) is 4.00. The Hall–Kier alpha value is -1.67. The molecule has 7 nitrogen and oxygen atoms in total. The van der Waals surface area contributed by atoms with Gasteiger partial charge in [0.15, 0.2) is 0 Å². The molecule has 2 fully saturated rings. The molecule has 1 saturated heterocycles. The van der Waals surface area contributed by atoms with Crippen molar-refractivity contribution in [2.75, 3.05) is 43.9 Å². The molecule has 0 radical (unpaired) electrons. The summed E-state index contributed by atoms with van der Waals surface area (Å²) in [5, 5.41) is 0. The van der Waals surface area contributed by atoms with Gasteiger partial charge in [0.2, 0.25) is 15.9 Å². The number of pyridine rings is 1. The standard InChI is InChI=1S/C15H22N4O3S/c1-23(21,22)19(13-5-6-13)12-15(20)18-10-8-17(9-11-18)14-4-2-3-7-16-14/h2-4,7,13H,5-6,8-12H2,1H3. The first kappa shape index (κ1) is 16.2. The van der Waals surface area contributed by atoms with Crippen LogP contribution >= 0.6 is 0 Å². The summed E-state index contributed by atoms with van der Waals surface area (Å²) in [7, 11) is -3.32. The van der Waals surface area contributed by atoms with Crippen LogP contribution in [0.3, 0.4) is 0 Å². The molecule has 1 aliphatic heterocycles. The van der Waals surface area contributed by atoms with Gasteiger partial charge in [-0.25, -0.2) is 13.4 Å². The van der Waals surface area contributed by atoms with Crippen LogP contribution in [0.2, 0.25) is 0 Å². The molecule has 0 unspecified atom stereocenters. The number of hydrogen-bond donors (Lipinski definition) is 0. The lowest BCUT2D eigenvalue weighted by Crippen LogP contribution is -2.52. The smallest absolute Gasteiger partial charge is 0.238 e. The van der Waals surface area contributed by atoms with E-state index in [0.717, 1.165) is 18.7 Å². The lowest BCUT2D eigenvalue weighted by atomic mass is 10.3. The number of rotatable bonds is 5. The highest BCUT2D eigenvalue weighted by Crippen LogP contribution is 2.28. The van der Waals surface area contributed by atoms with Gasteiger partial charge in [-0.2, -0.15) is 4.31 Å². The van der Waals surface area contributed by atoms with E-state index in [4.69, 9.17) is 0 Å². The van der Waals surface area contributed by atoms with E-state index in [0.29, 0.717) is 26.2 Å². The minimum absolute atomic E-state index is 0.0174. The molecule has 23 heavy (non-hydrogen) atoms. The number of carbonyl (C=O) groups excluding carboxylic acids is 1. The Labute approximate surface area is 136 Å². The monoisotopic (exact) mass is 338 g/mol. The van der Waals surface area contributed by atoms with Crippen molar-refractivity contribution >= 4 is 21.7 Å². The average molecular weight is 338 g/mol. The van der Waals surface area contributed by atoms with Crippen molar-refractivity contribution in [3.05, 3.63) is 24.4 Å². The predicted molar refractivity (Wildman–Crippen MR) is 87.6 cm³/mol. The van der Waals surface area contributed by atoms with Gasteiger partial charge >= 0.3 is 0 Å². The topological polar surface area (TPSA) is 73.8 Å². The number of anilines is 1. The molecule has 1 aliphatic carbocycles. The summed E-state index contributed by atoms with van der Waals surface area (Å²) < 4.78 is 25.0. The largest absolute Gasteiger partial charge is 0.353 e. The fourth-order valence-corrected chi connectivity index (χ4v) is 3.94. The minimum Gasteiger partial charge on any atom is -0.353 e. The van der Waals surface area contributed by atoms with E-state index in [9.17, 15) is 13.2 Å². The van der Waals surface area contributed by atoms with Gasteiger partial charge in [-0.3, -0.25) is 4.79 Å². The zero-order valence-electron chi connectivity index (χ0n) is 13.3. The van der Waals surface area contributed by atoms with E-state index in [1.165, 1.54) is 10.6 Å². The second kappa shape index (κ2) is 6.45. The van der Waals surface area contributed by atoms with Crippen LogP contribution in [0.1, 0.15) is 12.8 Å². The Morgan fingerprint density at radius 1 is 1.26 bits per heavy atom. The van der Waals surface area contributed by atoms with Crippen LogP contribution in [-0.4, -0.2) is 73.5 Å². The van der Waals surface area contributed by atoms with Crippen molar-refractivity contribution in [3.8, 4) is 0 Å². The Morgan fingerprint density at radius 3 is 2.48 bits per heavy atom. The third-order valence-corrected chi connectivity index (χ3v) is 5.56. The minimum atomic E-state index is -3.32. The molecule has 126 valence electrons. The maximum Gasteiger partial charge on any atom is 0.238 e. The molecule has 0 N–H and O–H groups in total. The van der Waals surface area contributed by atoms with Gasteiger partial charge in [0, 0.05) is 38.4 Å². The normalized spacial score (nSPS) is 19.2. The van der Waals surface area contributed by atoms with Crippen molar-refractivity contribution < 1.29 is 13.2 Å². The predicted octanol–water partition coefficient (Wildman–Crippen LogP) is 0.154. The van der Waals surface area contributed by atoms with Crippen LogP contribution in [0.5, 0.6) is 0 Å². The average Bonchev–Trinajstić information content (AvgIpc) is 3.37. The number of amides is 1.